The topological polar surface area (TPSA) is 9.23 Å². The maximum atomic E-state index is 13.0. The summed E-state index contributed by atoms with van der Waals surface area (Å²) < 4.78 is 31.7. The fourth-order valence-electron chi connectivity index (χ4n) is 1.19. The van der Waals surface area contributed by atoms with Crippen LogP contribution in [0, 0.1) is 5.92 Å². The SMILES string of the molecule is FC1(F)CCOCC1CCI. The molecule has 11 heavy (non-hydrogen) atoms. The summed E-state index contributed by atoms with van der Waals surface area (Å²) in [5, 5.41) is 0. The Kier molecular flexibility index (Phi) is 3.49. The van der Waals surface area contributed by atoms with Gasteiger partial charge in [-0.2, -0.15) is 0 Å². The lowest BCUT2D eigenvalue weighted by Gasteiger charge is -2.30. The lowest BCUT2D eigenvalue weighted by molar-refractivity contribution is -0.141. The summed E-state index contributed by atoms with van der Waals surface area (Å²) >= 11 is 2.12. The molecule has 4 heteroatoms. The van der Waals surface area contributed by atoms with Crippen LogP contribution >= 0.6 is 22.6 Å². The third-order valence-electron chi connectivity index (χ3n) is 1.95. The lowest BCUT2D eigenvalue weighted by Crippen LogP contribution is -2.38. The zero-order valence-electron chi connectivity index (χ0n) is 6.16. The molecule has 0 aliphatic carbocycles. The molecule has 0 radical (unpaired) electrons. The molecule has 0 aromatic heterocycles. The summed E-state index contributed by atoms with van der Waals surface area (Å²) in [6, 6.07) is 0. The van der Waals surface area contributed by atoms with Gasteiger partial charge in [-0.05, 0) is 6.42 Å². The lowest BCUT2D eigenvalue weighted by atomic mass is 9.95. The highest BCUT2D eigenvalue weighted by Gasteiger charge is 2.41. The Labute approximate surface area is 78.6 Å². The maximum absolute atomic E-state index is 13.0. The molecule has 66 valence electrons. The fourth-order valence-corrected chi connectivity index (χ4v) is 1.94. The number of hydrogen-bond acceptors (Lipinski definition) is 1. The molecule has 1 nitrogen and oxygen atoms in total. The largest absolute Gasteiger partial charge is 0.381 e. The first-order valence-electron chi connectivity index (χ1n) is 3.68. The smallest absolute Gasteiger partial charge is 0.255 e. The van der Waals surface area contributed by atoms with Crippen LogP contribution in [0.5, 0.6) is 0 Å². The average molecular weight is 276 g/mol. The van der Waals surface area contributed by atoms with Crippen LogP contribution in [0.4, 0.5) is 8.78 Å². The second kappa shape index (κ2) is 3.98. The molecule has 1 aliphatic rings. The van der Waals surface area contributed by atoms with Crippen molar-refractivity contribution in [2.75, 3.05) is 17.6 Å². The monoisotopic (exact) mass is 276 g/mol. The van der Waals surface area contributed by atoms with Crippen LogP contribution in [0.3, 0.4) is 0 Å². The first-order valence-corrected chi connectivity index (χ1v) is 5.21. The average Bonchev–Trinajstić information content (AvgIpc) is 1.94. The van der Waals surface area contributed by atoms with E-state index in [2.05, 4.69) is 22.6 Å². The molecule has 0 aromatic rings. The molecule has 0 bridgehead atoms. The molecule has 0 aromatic carbocycles. The molecule has 0 saturated carbocycles. The van der Waals surface area contributed by atoms with Crippen molar-refractivity contribution >= 4 is 22.6 Å². The van der Waals surface area contributed by atoms with Gasteiger partial charge in [0.05, 0.1) is 13.2 Å². The van der Waals surface area contributed by atoms with Gasteiger partial charge in [-0.15, -0.1) is 0 Å². The van der Waals surface area contributed by atoms with E-state index in [0.717, 1.165) is 4.43 Å². The molecular weight excluding hydrogens is 265 g/mol. The van der Waals surface area contributed by atoms with Crippen LogP contribution in [0.2, 0.25) is 0 Å². The van der Waals surface area contributed by atoms with Crippen LogP contribution in [0.15, 0.2) is 0 Å². The van der Waals surface area contributed by atoms with E-state index < -0.39 is 11.8 Å². The number of hydrogen-bond donors (Lipinski definition) is 0. The highest BCUT2D eigenvalue weighted by atomic mass is 127. The van der Waals surface area contributed by atoms with E-state index in [1.165, 1.54) is 0 Å². The minimum Gasteiger partial charge on any atom is -0.381 e. The van der Waals surface area contributed by atoms with Crippen molar-refractivity contribution < 1.29 is 13.5 Å². The summed E-state index contributed by atoms with van der Waals surface area (Å²) in [4.78, 5) is 0. The molecule has 1 saturated heterocycles. The number of alkyl halides is 3. The van der Waals surface area contributed by atoms with E-state index in [-0.39, 0.29) is 19.6 Å². The summed E-state index contributed by atoms with van der Waals surface area (Å²) in [6.45, 7) is 0.445. The first kappa shape index (κ1) is 9.64. The normalized spacial score (nSPS) is 30.3. The summed E-state index contributed by atoms with van der Waals surface area (Å²) in [5.41, 5.74) is 0. The molecular formula is C7H11F2IO. The summed E-state index contributed by atoms with van der Waals surface area (Å²) in [7, 11) is 0. The van der Waals surface area contributed by atoms with Gasteiger partial charge >= 0.3 is 0 Å². The Morgan fingerprint density at radius 2 is 2.27 bits per heavy atom. The number of rotatable bonds is 2. The minimum absolute atomic E-state index is 0.103. The van der Waals surface area contributed by atoms with Crippen LogP contribution < -0.4 is 0 Å². The Morgan fingerprint density at radius 1 is 1.55 bits per heavy atom. The third kappa shape index (κ3) is 2.50. The van der Waals surface area contributed by atoms with Crippen LogP contribution in [-0.2, 0) is 4.74 Å². The van der Waals surface area contributed by atoms with Gasteiger partial charge in [0, 0.05) is 16.8 Å². The van der Waals surface area contributed by atoms with Gasteiger partial charge in [0.25, 0.3) is 5.92 Å². The number of ether oxygens (including phenoxy) is 1. The maximum Gasteiger partial charge on any atom is 0.255 e. The van der Waals surface area contributed by atoms with E-state index in [4.69, 9.17) is 4.74 Å². The summed E-state index contributed by atoms with van der Waals surface area (Å²) in [5.74, 6) is -3.03. The Bertz CT molecular complexity index is 128. The minimum atomic E-state index is -2.48. The van der Waals surface area contributed by atoms with Crippen LogP contribution in [-0.4, -0.2) is 23.6 Å². The molecule has 1 fully saturated rings. The molecule has 0 amide bonds. The second-order valence-electron chi connectivity index (χ2n) is 2.76. The van der Waals surface area contributed by atoms with Gasteiger partial charge < -0.3 is 4.74 Å². The van der Waals surface area contributed by atoms with Crippen molar-refractivity contribution in [3.8, 4) is 0 Å². The fraction of sp³-hybridized carbons (Fsp3) is 1.00. The Morgan fingerprint density at radius 3 is 2.82 bits per heavy atom. The molecule has 0 N–H and O–H groups in total. The zero-order valence-corrected chi connectivity index (χ0v) is 8.31. The van der Waals surface area contributed by atoms with Crippen molar-refractivity contribution in [1.82, 2.24) is 0 Å². The van der Waals surface area contributed by atoms with E-state index in [0.29, 0.717) is 6.42 Å². The van der Waals surface area contributed by atoms with Gasteiger partial charge in [-0.25, -0.2) is 8.78 Å². The van der Waals surface area contributed by atoms with E-state index in [1.54, 1.807) is 0 Å². The number of halogens is 3. The third-order valence-corrected chi connectivity index (χ3v) is 2.58. The van der Waals surface area contributed by atoms with Crippen molar-refractivity contribution in [2.24, 2.45) is 5.92 Å². The van der Waals surface area contributed by atoms with E-state index in [9.17, 15) is 8.78 Å². The van der Waals surface area contributed by atoms with Crippen molar-refractivity contribution in [3.63, 3.8) is 0 Å². The predicted molar refractivity (Wildman–Crippen MR) is 47.4 cm³/mol. The highest BCUT2D eigenvalue weighted by molar-refractivity contribution is 14.1. The van der Waals surface area contributed by atoms with E-state index >= 15 is 0 Å². The Hall–Kier alpha value is 0.550. The predicted octanol–water partition coefficient (Wildman–Crippen LogP) is 2.48. The second-order valence-corrected chi connectivity index (χ2v) is 3.84. The summed E-state index contributed by atoms with van der Waals surface area (Å²) in [6.07, 6.45) is 0.460. The van der Waals surface area contributed by atoms with Crippen molar-refractivity contribution in [3.05, 3.63) is 0 Å². The van der Waals surface area contributed by atoms with Gasteiger partial charge in [0.1, 0.15) is 0 Å². The molecule has 0 spiro atoms. The molecule has 1 unspecified atom stereocenters. The van der Waals surface area contributed by atoms with Crippen LogP contribution in [0.25, 0.3) is 0 Å². The van der Waals surface area contributed by atoms with Gasteiger partial charge in [-0.1, -0.05) is 22.6 Å². The van der Waals surface area contributed by atoms with Gasteiger partial charge in [0.15, 0.2) is 0 Å². The van der Waals surface area contributed by atoms with E-state index in [1.807, 2.05) is 0 Å². The van der Waals surface area contributed by atoms with Crippen molar-refractivity contribution in [1.29, 1.82) is 0 Å². The Balaban J connectivity index is 2.45. The van der Waals surface area contributed by atoms with Crippen molar-refractivity contribution in [2.45, 2.75) is 18.8 Å². The standard InChI is InChI=1S/C7H11F2IO/c8-7(9)2-4-11-5-6(7)1-3-10/h6H,1-5H2. The molecule has 1 atom stereocenters. The molecule has 1 aliphatic heterocycles. The highest BCUT2D eigenvalue weighted by Crippen LogP contribution is 2.34. The van der Waals surface area contributed by atoms with Gasteiger partial charge in [0.2, 0.25) is 0 Å². The van der Waals surface area contributed by atoms with Gasteiger partial charge in [-0.3, -0.25) is 0 Å². The first-order chi connectivity index (χ1) is 5.17. The zero-order chi connectivity index (χ0) is 8.32. The quantitative estimate of drug-likeness (QED) is 0.556. The molecule has 1 rings (SSSR count). The molecule has 1 heterocycles. The van der Waals surface area contributed by atoms with Crippen LogP contribution in [0.1, 0.15) is 12.8 Å².